The molecular formula is C19H18N4O2. The van der Waals surface area contributed by atoms with E-state index >= 15 is 0 Å². The molecule has 2 aromatic heterocycles. The summed E-state index contributed by atoms with van der Waals surface area (Å²) in [6.45, 7) is 3.82. The van der Waals surface area contributed by atoms with Gasteiger partial charge in [-0.1, -0.05) is 12.1 Å². The smallest absolute Gasteiger partial charge is 0.254 e. The molecule has 6 nitrogen and oxygen atoms in total. The molecule has 0 saturated carbocycles. The zero-order valence-electron chi connectivity index (χ0n) is 14.3. The number of hydrogen-bond acceptors (Lipinski definition) is 4. The van der Waals surface area contributed by atoms with Gasteiger partial charge in [-0.05, 0) is 26.0 Å². The van der Waals surface area contributed by atoms with Gasteiger partial charge in [0.05, 0.1) is 23.6 Å². The fraction of sp³-hybridized carbons (Fsp3) is 0.211. The lowest BCUT2D eigenvalue weighted by atomic mass is 10.1. The van der Waals surface area contributed by atoms with Crippen LogP contribution in [-0.2, 0) is 7.05 Å². The van der Waals surface area contributed by atoms with Crippen molar-refractivity contribution in [1.82, 2.24) is 14.3 Å². The van der Waals surface area contributed by atoms with Gasteiger partial charge in [0.15, 0.2) is 0 Å². The maximum Gasteiger partial charge on any atom is 0.254 e. The third-order valence-electron chi connectivity index (χ3n) is 3.72. The van der Waals surface area contributed by atoms with Crippen LogP contribution in [0.15, 0.2) is 53.7 Å². The van der Waals surface area contributed by atoms with E-state index in [-0.39, 0.29) is 11.7 Å². The van der Waals surface area contributed by atoms with Crippen LogP contribution in [0.3, 0.4) is 0 Å². The van der Waals surface area contributed by atoms with Crippen LogP contribution in [-0.4, -0.2) is 20.5 Å². The van der Waals surface area contributed by atoms with Crippen LogP contribution in [0.25, 0.3) is 16.8 Å². The quantitative estimate of drug-likeness (QED) is 0.735. The molecule has 0 saturated heterocycles. The average Bonchev–Trinajstić information content (AvgIpc) is 3.07. The minimum Gasteiger partial charge on any atom is -0.490 e. The van der Waals surface area contributed by atoms with Crippen LogP contribution < -0.4 is 10.3 Å². The van der Waals surface area contributed by atoms with Gasteiger partial charge in [-0.3, -0.25) is 4.79 Å². The van der Waals surface area contributed by atoms with Crippen LogP contribution in [0.2, 0.25) is 0 Å². The zero-order valence-corrected chi connectivity index (χ0v) is 14.3. The standard InChI is InChI=1S/C19H18N4O2/c1-13(2)25-18-8-19(24)22(3)12-16(18)15-10-21-23(11-15)17-7-5-4-6-14(17)9-20/h4-8,10-13H,1-3H3. The Kier molecular flexibility index (Phi) is 4.40. The number of ether oxygens (including phenoxy) is 1. The highest BCUT2D eigenvalue weighted by atomic mass is 16.5. The summed E-state index contributed by atoms with van der Waals surface area (Å²) in [6.07, 6.45) is 5.20. The molecule has 1 aromatic carbocycles. The van der Waals surface area contributed by atoms with Crippen LogP contribution in [0, 0.1) is 11.3 Å². The molecular weight excluding hydrogens is 316 g/mol. The topological polar surface area (TPSA) is 72.8 Å². The number of para-hydroxylation sites is 1. The first-order valence-electron chi connectivity index (χ1n) is 7.91. The monoisotopic (exact) mass is 334 g/mol. The molecule has 0 fully saturated rings. The number of nitrogens with zero attached hydrogens (tertiary/aromatic N) is 4. The van der Waals surface area contributed by atoms with Gasteiger partial charge in [-0.15, -0.1) is 0 Å². The van der Waals surface area contributed by atoms with Gasteiger partial charge >= 0.3 is 0 Å². The second kappa shape index (κ2) is 6.65. The van der Waals surface area contributed by atoms with Crippen molar-refractivity contribution in [2.75, 3.05) is 0 Å². The number of rotatable bonds is 4. The van der Waals surface area contributed by atoms with Gasteiger partial charge in [0.1, 0.15) is 11.8 Å². The molecule has 0 aliphatic heterocycles. The second-order valence-corrected chi connectivity index (χ2v) is 5.97. The van der Waals surface area contributed by atoms with E-state index < -0.39 is 0 Å². The van der Waals surface area contributed by atoms with E-state index in [0.29, 0.717) is 17.0 Å². The van der Waals surface area contributed by atoms with Crippen molar-refractivity contribution in [3.8, 4) is 28.6 Å². The molecule has 0 N–H and O–H groups in total. The number of benzene rings is 1. The number of pyridine rings is 1. The van der Waals surface area contributed by atoms with Crippen molar-refractivity contribution in [2.24, 2.45) is 7.05 Å². The van der Waals surface area contributed by atoms with Crippen LogP contribution >= 0.6 is 0 Å². The lowest BCUT2D eigenvalue weighted by molar-refractivity contribution is 0.242. The highest BCUT2D eigenvalue weighted by molar-refractivity contribution is 5.69. The molecule has 0 amide bonds. The molecule has 0 bridgehead atoms. The third-order valence-corrected chi connectivity index (χ3v) is 3.72. The Morgan fingerprint density at radius 2 is 2.00 bits per heavy atom. The number of aromatic nitrogens is 3. The summed E-state index contributed by atoms with van der Waals surface area (Å²) < 4.78 is 8.95. The second-order valence-electron chi connectivity index (χ2n) is 5.97. The molecule has 25 heavy (non-hydrogen) atoms. The Bertz CT molecular complexity index is 1010. The maximum atomic E-state index is 11.9. The first kappa shape index (κ1) is 16.5. The molecule has 0 radical (unpaired) electrons. The van der Waals surface area contributed by atoms with Crippen molar-refractivity contribution in [3.05, 3.63) is 64.8 Å². The minimum absolute atomic E-state index is 0.0554. The Morgan fingerprint density at radius 1 is 1.24 bits per heavy atom. The van der Waals surface area contributed by atoms with Crippen molar-refractivity contribution in [2.45, 2.75) is 20.0 Å². The fourth-order valence-corrected chi connectivity index (χ4v) is 2.54. The van der Waals surface area contributed by atoms with E-state index in [4.69, 9.17) is 4.74 Å². The van der Waals surface area contributed by atoms with E-state index in [1.807, 2.05) is 38.2 Å². The Hall–Kier alpha value is -3.33. The van der Waals surface area contributed by atoms with E-state index in [0.717, 1.165) is 11.1 Å². The van der Waals surface area contributed by atoms with E-state index in [2.05, 4.69) is 11.2 Å². The predicted molar refractivity (Wildman–Crippen MR) is 94.7 cm³/mol. The van der Waals surface area contributed by atoms with Gasteiger partial charge < -0.3 is 9.30 Å². The first-order valence-corrected chi connectivity index (χ1v) is 7.91. The molecule has 3 aromatic rings. The summed E-state index contributed by atoms with van der Waals surface area (Å²) in [5.41, 5.74) is 2.68. The molecule has 0 spiro atoms. The minimum atomic E-state index is -0.137. The van der Waals surface area contributed by atoms with Crippen molar-refractivity contribution in [3.63, 3.8) is 0 Å². The van der Waals surface area contributed by atoms with E-state index in [1.165, 1.54) is 10.6 Å². The van der Waals surface area contributed by atoms with Crippen LogP contribution in [0.1, 0.15) is 19.4 Å². The number of hydrogen-bond donors (Lipinski definition) is 0. The summed E-state index contributed by atoms with van der Waals surface area (Å²) in [5.74, 6) is 0.520. The summed E-state index contributed by atoms with van der Waals surface area (Å²) in [7, 11) is 1.69. The maximum absolute atomic E-state index is 11.9. The van der Waals surface area contributed by atoms with Gasteiger partial charge in [0.2, 0.25) is 0 Å². The van der Waals surface area contributed by atoms with Gasteiger partial charge in [0.25, 0.3) is 5.56 Å². The predicted octanol–water partition coefficient (Wildman–Crippen LogP) is 2.90. The fourth-order valence-electron chi connectivity index (χ4n) is 2.54. The van der Waals surface area contributed by atoms with E-state index in [9.17, 15) is 10.1 Å². The molecule has 6 heteroatoms. The molecule has 0 unspecified atom stereocenters. The van der Waals surface area contributed by atoms with Gasteiger partial charge in [0, 0.05) is 36.6 Å². The summed E-state index contributed by atoms with van der Waals surface area (Å²) >= 11 is 0. The largest absolute Gasteiger partial charge is 0.490 e. The summed E-state index contributed by atoms with van der Waals surface area (Å²) in [4.78, 5) is 11.9. The molecule has 2 heterocycles. The van der Waals surface area contributed by atoms with Crippen molar-refractivity contribution in [1.29, 1.82) is 5.26 Å². The van der Waals surface area contributed by atoms with Crippen LogP contribution in [0.4, 0.5) is 0 Å². The highest BCUT2D eigenvalue weighted by Gasteiger charge is 2.14. The highest BCUT2D eigenvalue weighted by Crippen LogP contribution is 2.29. The van der Waals surface area contributed by atoms with Crippen molar-refractivity contribution < 1.29 is 4.74 Å². The molecule has 3 rings (SSSR count). The number of aryl methyl sites for hydroxylation is 1. The normalized spacial score (nSPS) is 10.7. The molecule has 0 aliphatic rings. The van der Waals surface area contributed by atoms with Crippen molar-refractivity contribution >= 4 is 0 Å². The Balaban J connectivity index is 2.10. The SMILES string of the molecule is CC(C)Oc1cc(=O)n(C)cc1-c1cnn(-c2ccccc2C#N)c1. The van der Waals surface area contributed by atoms with Gasteiger partial charge in [-0.25, -0.2) is 4.68 Å². The summed E-state index contributed by atoms with van der Waals surface area (Å²) in [6, 6.07) is 10.9. The van der Waals surface area contributed by atoms with E-state index in [1.54, 1.807) is 30.2 Å². The lowest BCUT2D eigenvalue weighted by Crippen LogP contribution is -2.17. The number of nitriles is 1. The lowest BCUT2D eigenvalue weighted by Gasteiger charge is -2.14. The summed E-state index contributed by atoms with van der Waals surface area (Å²) in [5, 5.41) is 13.6. The third kappa shape index (κ3) is 3.31. The first-order chi connectivity index (χ1) is 12.0. The van der Waals surface area contributed by atoms with Crippen LogP contribution in [0.5, 0.6) is 5.75 Å². The van der Waals surface area contributed by atoms with Gasteiger partial charge in [-0.2, -0.15) is 10.4 Å². The zero-order chi connectivity index (χ0) is 18.0. The molecule has 0 atom stereocenters. The average molecular weight is 334 g/mol. The molecule has 126 valence electrons. The Labute approximate surface area is 145 Å². The Morgan fingerprint density at radius 3 is 2.72 bits per heavy atom. The molecule has 0 aliphatic carbocycles.